The molecule has 0 radical (unpaired) electrons. The molecule has 1 amide bonds. The summed E-state index contributed by atoms with van der Waals surface area (Å²) in [6.45, 7) is 8.09. The Labute approximate surface area is 139 Å². The smallest absolute Gasteiger partial charge is 0.274 e. The van der Waals surface area contributed by atoms with Crippen LogP contribution >= 0.6 is 0 Å². The van der Waals surface area contributed by atoms with Crippen molar-refractivity contribution in [2.75, 3.05) is 0 Å². The van der Waals surface area contributed by atoms with Crippen LogP contribution in [0.5, 0.6) is 0 Å². The van der Waals surface area contributed by atoms with E-state index in [1.807, 2.05) is 13.8 Å². The first-order chi connectivity index (χ1) is 11.4. The summed E-state index contributed by atoms with van der Waals surface area (Å²) in [5.74, 6) is 6.03. The number of hydrazine groups is 1. The minimum Gasteiger partial charge on any atom is -0.274 e. The number of halogens is 1. The molecule has 2 aromatic rings. The summed E-state index contributed by atoms with van der Waals surface area (Å²) in [6, 6.07) is 1.23. The first kappa shape index (κ1) is 19.8. The Morgan fingerprint density at radius 2 is 2.04 bits per heavy atom. The van der Waals surface area contributed by atoms with Gasteiger partial charge in [-0.2, -0.15) is 4.39 Å². The summed E-state index contributed by atoms with van der Waals surface area (Å²) in [4.78, 5) is 26.1. The van der Waals surface area contributed by atoms with Gasteiger partial charge in [-0.25, -0.2) is 9.50 Å². The number of aromatic nitrogens is 3. The van der Waals surface area contributed by atoms with Gasteiger partial charge in [-0.05, 0) is 6.42 Å². The minimum atomic E-state index is -0.722. The summed E-state index contributed by atoms with van der Waals surface area (Å²) in [7, 11) is 0. The highest BCUT2D eigenvalue weighted by atomic mass is 19.1. The SMILES string of the molecule is CC1(C)CC(C(=O)N=O)c2cnc3cc(F)nn3c21.CCC.NN. The van der Waals surface area contributed by atoms with Crippen molar-refractivity contribution in [3.8, 4) is 0 Å². The van der Waals surface area contributed by atoms with Crippen LogP contribution in [0.3, 0.4) is 0 Å². The van der Waals surface area contributed by atoms with E-state index in [4.69, 9.17) is 0 Å². The standard InChI is InChI=1S/C12H11FN4O2.C3H8.H4N2/c1-12(2)4-6(11(18)16-19)7-5-14-9-3-8(13)15-17(9)10(7)12;1-3-2;1-2/h3,5-6H,4H2,1-2H3;3H2,1-2H3;1-2H2. The number of carbonyl (C=O) groups excluding carboxylic acids is 1. The Morgan fingerprint density at radius 3 is 2.58 bits per heavy atom. The topological polar surface area (TPSA) is 129 Å². The van der Waals surface area contributed by atoms with Crippen molar-refractivity contribution in [3.05, 3.63) is 34.4 Å². The van der Waals surface area contributed by atoms with Crippen LogP contribution in [0.4, 0.5) is 4.39 Å². The van der Waals surface area contributed by atoms with Crippen molar-refractivity contribution in [1.29, 1.82) is 0 Å². The number of nitroso groups, excluding NO2 is 1. The summed E-state index contributed by atoms with van der Waals surface area (Å²) in [5, 5.41) is 6.27. The maximum absolute atomic E-state index is 13.3. The lowest BCUT2D eigenvalue weighted by Gasteiger charge is -2.19. The van der Waals surface area contributed by atoms with Gasteiger partial charge >= 0.3 is 0 Å². The van der Waals surface area contributed by atoms with E-state index in [-0.39, 0.29) is 0 Å². The molecule has 0 saturated heterocycles. The van der Waals surface area contributed by atoms with Crippen LogP contribution in [0, 0.1) is 10.9 Å². The van der Waals surface area contributed by atoms with Crippen molar-refractivity contribution in [3.63, 3.8) is 0 Å². The Balaban J connectivity index is 0.000000521. The van der Waals surface area contributed by atoms with E-state index >= 15 is 0 Å². The molecule has 0 fully saturated rings. The molecule has 1 aliphatic carbocycles. The molecule has 9 heteroatoms. The molecule has 2 aromatic heterocycles. The van der Waals surface area contributed by atoms with E-state index in [9.17, 15) is 14.1 Å². The molecule has 1 atom stereocenters. The number of hydrogen-bond acceptors (Lipinski definition) is 6. The number of nitrogens with two attached hydrogens (primary N) is 2. The van der Waals surface area contributed by atoms with Gasteiger partial charge in [-0.3, -0.25) is 16.5 Å². The number of fused-ring (bicyclic) bond motifs is 3. The molecule has 0 aromatic carbocycles. The quantitative estimate of drug-likeness (QED) is 0.466. The van der Waals surface area contributed by atoms with Gasteiger partial charge in [0.15, 0.2) is 5.65 Å². The molecule has 8 nitrogen and oxygen atoms in total. The Kier molecular flexibility index (Phi) is 6.61. The highest BCUT2D eigenvalue weighted by molar-refractivity contribution is 5.85. The average Bonchev–Trinajstić information content (AvgIpc) is 3.05. The summed E-state index contributed by atoms with van der Waals surface area (Å²) in [5.41, 5.74) is 1.30. The van der Waals surface area contributed by atoms with Crippen molar-refractivity contribution in [2.24, 2.45) is 16.9 Å². The third-order valence-corrected chi connectivity index (χ3v) is 3.60. The lowest BCUT2D eigenvalue weighted by Crippen LogP contribution is -2.18. The third-order valence-electron chi connectivity index (χ3n) is 3.60. The second-order valence-electron chi connectivity index (χ2n) is 6.08. The maximum atomic E-state index is 13.3. The van der Waals surface area contributed by atoms with Gasteiger partial charge in [0.2, 0.25) is 5.95 Å². The van der Waals surface area contributed by atoms with Gasteiger partial charge in [0, 0.05) is 28.4 Å². The van der Waals surface area contributed by atoms with Gasteiger partial charge in [0.1, 0.15) is 0 Å². The summed E-state index contributed by atoms with van der Waals surface area (Å²) >= 11 is 0. The maximum Gasteiger partial charge on any atom is 0.293 e. The Morgan fingerprint density at radius 1 is 1.46 bits per heavy atom. The zero-order chi connectivity index (χ0) is 18.5. The molecule has 2 heterocycles. The largest absolute Gasteiger partial charge is 0.293 e. The number of nitrogens with zero attached hydrogens (tertiary/aromatic N) is 4. The fraction of sp³-hybridized carbons (Fsp3) is 0.533. The highest BCUT2D eigenvalue weighted by Gasteiger charge is 2.43. The van der Waals surface area contributed by atoms with Crippen LogP contribution in [0.2, 0.25) is 0 Å². The van der Waals surface area contributed by atoms with Gasteiger partial charge < -0.3 is 0 Å². The van der Waals surface area contributed by atoms with Gasteiger partial charge in [0.25, 0.3) is 5.91 Å². The Bertz CT molecular complexity index is 728. The van der Waals surface area contributed by atoms with Crippen LogP contribution in [0.1, 0.15) is 57.7 Å². The second-order valence-corrected chi connectivity index (χ2v) is 6.08. The first-order valence-corrected chi connectivity index (χ1v) is 7.60. The molecule has 24 heavy (non-hydrogen) atoms. The zero-order valence-electron chi connectivity index (χ0n) is 14.3. The van der Waals surface area contributed by atoms with Crippen molar-refractivity contribution in [1.82, 2.24) is 14.6 Å². The zero-order valence-corrected chi connectivity index (χ0v) is 14.3. The van der Waals surface area contributed by atoms with Crippen LogP contribution < -0.4 is 11.7 Å². The first-order valence-electron chi connectivity index (χ1n) is 7.60. The fourth-order valence-electron chi connectivity index (χ4n) is 2.85. The fourth-order valence-corrected chi connectivity index (χ4v) is 2.85. The molecule has 1 aliphatic rings. The molecule has 0 bridgehead atoms. The van der Waals surface area contributed by atoms with Crippen molar-refractivity contribution >= 4 is 11.6 Å². The lowest BCUT2D eigenvalue weighted by atomic mass is 9.89. The third kappa shape index (κ3) is 3.62. The van der Waals surface area contributed by atoms with Crippen molar-refractivity contribution in [2.45, 2.75) is 51.9 Å². The number of rotatable bonds is 1. The molecule has 4 N–H and O–H groups in total. The minimum absolute atomic E-state index is 0.386. The monoisotopic (exact) mass is 338 g/mol. The van der Waals surface area contributed by atoms with E-state index in [0.717, 1.165) is 0 Å². The van der Waals surface area contributed by atoms with Crippen LogP contribution in [-0.4, -0.2) is 20.5 Å². The average molecular weight is 338 g/mol. The van der Waals surface area contributed by atoms with Gasteiger partial charge in [0.05, 0.1) is 11.6 Å². The number of carbonyl (C=O) groups is 1. The molecular weight excluding hydrogens is 315 g/mol. The van der Waals surface area contributed by atoms with Crippen LogP contribution in [0.15, 0.2) is 17.4 Å². The van der Waals surface area contributed by atoms with Crippen molar-refractivity contribution < 1.29 is 9.18 Å². The van der Waals surface area contributed by atoms with Crippen LogP contribution in [0.25, 0.3) is 5.65 Å². The van der Waals surface area contributed by atoms with Gasteiger partial charge in [-0.15, -0.1) is 10.0 Å². The molecule has 0 saturated carbocycles. The van der Waals surface area contributed by atoms with E-state index in [0.29, 0.717) is 23.3 Å². The molecular formula is C15H23FN6O2. The van der Waals surface area contributed by atoms with Crippen LogP contribution in [-0.2, 0) is 10.2 Å². The van der Waals surface area contributed by atoms with E-state index in [2.05, 4.69) is 40.8 Å². The van der Waals surface area contributed by atoms with E-state index in [1.54, 1.807) is 0 Å². The lowest BCUT2D eigenvalue weighted by molar-refractivity contribution is -0.119. The molecule has 0 spiro atoms. The highest BCUT2D eigenvalue weighted by Crippen LogP contribution is 2.45. The molecule has 1 unspecified atom stereocenters. The predicted octanol–water partition coefficient (Wildman–Crippen LogP) is 2.16. The Hall–Kier alpha value is -2.26. The van der Waals surface area contributed by atoms with Gasteiger partial charge in [-0.1, -0.05) is 34.1 Å². The normalized spacial score (nSPS) is 17.2. The molecule has 3 rings (SSSR count). The molecule has 0 aliphatic heterocycles. The number of hydrogen-bond donors (Lipinski definition) is 2. The number of amides is 1. The van der Waals surface area contributed by atoms with E-state index in [1.165, 1.54) is 23.2 Å². The predicted molar refractivity (Wildman–Crippen MR) is 88.5 cm³/mol. The summed E-state index contributed by atoms with van der Waals surface area (Å²) in [6.07, 6.45) is 3.20. The molecule has 132 valence electrons. The van der Waals surface area contributed by atoms with E-state index < -0.39 is 23.2 Å². The summed E-state index contributed by atoms with van der Waals surface area (Å²) < 4.78 is 14.7. The second kappa shape index (κ2) is 8.02.